The van der Waals surface area contributed by atoms with Crippen LogP contribution in [0, 0.1) is 11.3 Å². The van der Waals surface area contributed by atoms with E-state index in [0.717, 1.165) is 6.29 Å². The molecule has 0 radical (unpaired) electrons. The Bertz CT molecular complexity index is 140. The molecule has 0 aliphatic heterocycles. The molecule has 0 N–H and O–H groups in total. The zero-order valence-electron chi connectivity index (χ0n) is 8.97. The molecule has 0 spiro atoms. The fourth-order valence-electron chi connectivity index (χ4n) is 0. The summed E-state index contributed by atoms with van der Waals surface area (Å²) in [4.78, 5) is 20.0. The molecule has 0 unspecified atom stereocenters. The summed E-state index contributed by atoms with van der Waals surface area (Å²) in [5, 5.41) is 0. The largest absolute Gasteiger partial charge is 0.303 e. The van der Waals surface area contributed by atoms with Crippen LogP contribution in [0.5, 0.6) is 0 Å². The van der Waals surface area contributed by atoms with Gasteiger partial charge in [-0.1, -0.05) is 34.6 Å². The molecular weight excluding hydrogens is 152 g/mol. The Balaban J connectivity index is 0. The zero-order valence-corrected chi connectivity index (χ0v) is 8.97. The first kappa shape index (κ1) is 13.9. The van der Waals surface area contributed by atoms with Gasteiger partial charge in [0.2, 0.25) is 0 Å². The lowest BCUT2D eigenvalue weighted by Crippen LogP contribution is -2.15. The van der Waals surface area contributed by atoms with E-state index in [2.05, 4.69) is 0 Å². The first-order valence-corrected chi connectivity index (χ1v) is 4.18. The van der Waals surface area contributed by atoms with Gasteiger partial charge >= 0.3 is 0 Å². The molecule has 0 aromatic carbocycles. The highest BCUT2D eigenvalue weighted by atomic mass is 16.1. The standard InChI is InChI=1S/C6H12O.C4H8O/c1-5(7)6(2,3)4;1-4(2)3-5/h1-4H3;3-4H,1-2H3. The Hall–Kier alpha value is -0.660. The fraction of sp³-hybridized carbons (Fsp3) is 0.800. The lowest BCUT2D eigenvalue weighted by molar-refractivity contribution is -0.124. The first-order valence-electron chi connectivity index (χ1n) is 4.18. The maximum absolute atomic E-state index is 10.5. The van der Waals surface area contributed by atoms with E-state index < -0.39 is 0 Å². The number of aldehydes is 1. The second kappa shape index (κ2) is 5.92. The van der Waals surface area contributed by atoms with Gasteiger partial charge in [-0.25, -0.2) is 0 Å². The molecule has 0 fully saturated rings. The molecule has 0 amide bonds. The van der Waals surface area contributed by atoms with E-state index in [1.807, 2.05) is 34.6 Å². The first-order chi connectivity index (χ1) is 5.21. The van der Waals surface area contributed by atoms with Crippen LogP contribution in [-0.2, 0) is 9.59 Å². The molecule has 72 valence electrons. The highest BCUT2D eigenvalue weighted by molar-refractivity contribution is 5.80. The van der Waals surface area contributed by atoms with Gasteiger partial charge in [-0.15, -0.1) is 0 Å². The van der Waals surface area contributed by atoms with Crippen molar-refractivity contribution in [1.82, 2.24) is 0 Å². The van der Waals surface area contributed by atoms with E-state index in [9.17, 15) is 9.59 Å². The van der Waals surface area contributed by atoms with Crippen molar-refractivity contribution in [3.05, 3.63) is 0 Å². The molecule has 0 aliphatic rings. The van der Waals surface area contributed by atoms with Crippen LogP contribution >= 0.6 is 0 Å². The topological polar surface area (TPSA) is 34.1 Å². The predicted molar refractivity (Wildman–Crippen MR) is 51.0 cm³/mol. The Kier molecular flexibility index (Phi) is 6.86. The quantitative estimate of drug-likeness (QED) is 0.569. The van der Waals surface area contributed by atoms with Gasteiger partial charge < -0.3 is 4.79 Å². The minimum Gasteiger partial charge on any atom is -0.303 e. The van der Waals surface area contributed by atoms with Gasteiger partial charge in [-0.3, -0.25) is 4.79 Å². The minimum atomic E-state index is -0.139. The third-order valence-electron chi connectivity index (χ3n) is 1.33. The SMILES string of the molecule is CC(=O)C(C)(C)C.CC(C)C=O. The molecule has 0 atom stereocenters. The molecule has 0 bridgehead atoms. The second-order valence-electron chi connectivity index (χ2n) is 4.19. The van der Waals surface area contributed by atoms with Crippen molar-refractivity contribution in [2.75, 3.05) is 0 Å². The van der Waals surface area contributed by atoms with E-state index >= 15 is 0 Å². The number of carbonyl (C=O) groups is 2. The van der Waals surface area contributed by atoms with Gasteiger partial charge in [0.15, 0.2) is 0 Å². The molecule has 0 rings (SSSR count). The highest BCUT2D eigenvalue weighted by Gasteiger charge is 2.14. The normalized spacial score (nSPS) is 10.2. The van der Waals surface area contributed by atoms with E-state index in [0.29, 0.717) is 0 Å². The maximum Gasteiger partial charge on any atom is 0.135 e. The van der Waals surface area contributed by atoms with Crippen LogP contribution in [0.3, 0.4) is 0 Å². The van der Waals surface area contributed by atoms with Crippen molar-refractivity contribution in [1.29, 1.82) is 0 Å². The average molecular weight is 172 g/mol. The Morgan fingerprint density at radius 1 is 1.25 bits per heavy atom. The average Bonchev–Trinajstić information content (AvgIpc) is 1.87. The van der Waals surface area contributed by atoms with E-state index in [4.69, 9.17) is 0 Å². The van der Waals surface area contributed by atoms with Crippen LogP contribution in [0.1, 0.15) is 41.5 Å². The third-order valence-corrected chi connectivity index (χ3v) is 1.33. The van der Waals surface area contributed by atoms with Crippen LogP contribution < -0.4 is 0 Å². The summed E-state index contributed by atoms with van der Waals surface area (Å²) in [5.41, 5.74) is -0.139. The molecular formula is C10H20O2. The number of hydrogen-bond donors (Lipinski definition) is 0. The maximum atomic E-state index is 10.5. The van der Waals surface area contributed by atoms with Gasteiger partial charge in [0.25, 0.3) is 0 Å². The highest BCUT2D eigenvalue weighted by Crippen LogP contribution is 2.12. The third kappa shape index (κ3) is 12.1. The van der Waals surface area contributed by atoms with Crippen molar-refractivity contribution in [3.8, 4) is 0 Å². The molecule has 12 heavy (non-hydrogen) atoms. The Morgan fingerprint density at radius 3 is 1.42 bits per heavy atom. The molecule has 0 aromatic heterocycles. The van der Waals surface area contributed by atoms with Crippen LogP contribution in [0.4, 0.5) is 0 Å². The molecule has 0 saturated heterocycles. The van der Waals surface area contributed by atoms with Crippen molar-refractivity contribution < 1.29 is 9.59 Å². The van der Waals surface area contributed by atoms with Crippen LogP contribution in [-0.4, -0.2) is 12.1 Å². The predicted octanol–water partition coefficient (Wildman–Crippen LogP) is 2.46. The monoisotopic (exact) mass is 172 g/mol. The Labute approximate surface area is 75.4 Å². The molecule has 0 heterocycles. The zero-order chi connectivity index (χ0) is 10.4. The lowest BCUT2D eigenvalue weighted by atomic mass is 9.92. The van der Waals surface area contributed by atoms with Gasteiger partial charge in [0, 0.05) is 11.3 Å². The smallest absolute Gasteiger partial charge is 0.135 e. The van der Waals surface area contributed by atoms with E-state index in [1.54, 1.807) is 6.92 Å². The lowest BCUT2D eigenvalue weighted by Gasteiger charge is -2.11. The number of Topliss-reactive ketones (excluding diaryl/α,β-unsaturated/α-hetero) is 1. The summed E-state index contributed by atoms with van der Waals surface area (Å²) in [7, 11) is 0. The molecule has 0 aromatic rings. The van der Waals surface area contributed by atoms with Gasteiger partial charge in [-0.05, 0) is 6.92 Å². The summed E-state index contributed by atoms with van der Waals surface area (Å²) in [6, 6.07) is 0. The van der Waals surface area contributed by atoms with Crippen LogP contribution in [0.15, 0.2) is 0 Å². The van der Waals surface area contributed by atoms with Crippen LogP contribution in [0.2, 0.25) is 0 Å². The fourth-order valence-corrected chi connectivity index (χ4v) is 0. The van der Waals surface area contributed by atoms with Crippen molar-refractivity contribution in [2.45, 2.75) is 41.5 Å². The number of hydrogen-bond acceptors (Lipinski definition) is 2. The van der Waals surface area contributed by atoms with Crippen molar-refractivity contribution >= 4 is 12.1 Å². The van der Waals surface area contributed by atoms with E-state index in [-0.39, 0.29) is 17.1 Å². The number of carbonyl (C=O) groups excluding carboxylic acids is 2. The Morgan fingerprint density at radius 2 is 1.42 bits per heavy atom. The van der Waals surface area contributed by atoms with Crippen molar-refractivity contribution in [3.63, 3.8) is 0 Å². The second-order valence-corrected chi connectivity index (χ2v) is 4.19. The summed E-state index contributed by atoms with van der Waals surface area (Å²) in [6.45, 7) is 11.1. The molecule has 0 saturated carbocycles. The molecule has 0 aliphatic carbocycles. The summed E-state index contributed by atoms with van der Waals surface area (Å²) in [5.74, 6) is 0.447. The van der Waals surface area contributed by atoms with Crippen molar-refractivity contribution in [2.24, 2.45) is 11.3 Å². The molecule has 2 nitrogen and oxygen atoms in total. The van der Waals surface area contributed by atoms with Gasteiger partial charge in [0.05, 0.1) is 0 Å². The summed E-state index contributed by atoms with van der Waals surface area (Å²) < 4.78 is 0. The van der Waals surface area contributed by atoms with Crippen LogP contribution in [0.25, 0.3) is 0 Å². The van der Waals surface area contributed by atoms with E-state index in [1.165, 1.54) is 0 Å². The minimum absolute atomic E-state index is 0.139. The summed E-state index contributed by atoms with van der Waals surface area (Å²) >= 11 is 0. The summed E-state index contributed by atoms with van der Waals surface area (Å²) in [6.07, 6.45) is 0.917. The van der Waals surface area contributed by atoms with Gasteiger partial charge in [-0.2, -0.15) is 0 Å². The van der Waals surface area contributed by atoms with Gasteiger partial charge in [0.1, 0.15) is 12.1 Å². The number of ketones is 1. The molecule has 2 heteroatoms. The number of rotatable bonds is 1.